The number of nitrogens with zero attached hydrogens (tertiary/aromatic N) is 1. The number of anilines is 1. The standard InChI is InChI=1S/C20H17ClN2O2/c21-11-17(24)12-22-16-7-8-19-18(10-16)23-20(25-19)15-6-5-13-3-1-2-4-14(13)9-15/h1-10,17,22,24H,11-12H2. The summed E-state index contributed by atoms with van der Waals surface area (Å²) in [6.45, 7) is 0.393. The van der Waals surface area contributed by atoms with Crippen molar-refractivity contribution in [3.63, 3.8) is 0 Å². The van der Waals surface area contributed by atoms with Crippen LogP contribution in [0.4, 0.5) is 5.69 Å². The second-order valence-electron chi connectivity index (χ2n) is 5.95. The molecule has 1 unspecified atom stereocenters. The van der Waals surface area contributed by atoms with Gasteiger partial charge in [-0.15, -0.1) is 11.6 Å². The first-order valence-electron chi connectivity index (χ1n) is 8.10. The van der Waals surface area contributed by atoms with Crippen LogP contribution in [0.15, 0.2) is 65.1 Å². The molecule has 0 aliphatic rings. The van der Waals surface area contributed by atoms with Crippen molar-refractivity contribution in [2.75, 3.05) is 17.7 Å². The minimum absolute atomic E-state index is 0.200. The number of rotatable bonds is 5. The van der Waals surface area contributed by atoms with Gasteiger partial charge in [-0.1, -0.05) is 30.3 Å². The molecule has 1 atom stereocenters. The molecule has 25 heavy (non-hydrogen) atoms. The molecule has 0 saturated heterocycles. The van der Waals surface area contributed by atoms with E-state index in [0.717, 1.165) is 27.7 Å². The number of oxazole rings is 1. The van der Waals surface area contributed by atoms with E-state index in [4.69, 9.17) is 16.0 Å². The molecule has 0 spiro atoms. The van der Waals surface area contributed by atoms with Crippen molar-refractivity contribution in [2.45, 2.75) is 6.10 Å². The van der Waals surface area contributed by atoms with Crippen molar-refractivity contribution in [1.82, 2.24) is 4.98 Å². The third-order valence-corrected chi connectivity index (χ3v) is 4.46. The number of aromatic nitrogens is 1. The van der Waals surface area contributed by atoms with Crippen molar-refractivity contribution >= 4 is 39.2 Å². The number of hydrogen-bond donors (Lipinski definition) is 2. The number of nitrogens with one attached hydrogen (secondary N) is 1. The van der Waals surface area contributed by atoms with E-state index in [2.05, 4.69) is 34.6 Å². The van der Waals surface area contributed by atoms with Crippen LogP contribution in [0.5, 0.6) is 0 Å². The van der Waals surface area contributed by atoms with Crippen molar-refractivity contribution in [2.24, 2.45) is 0 Å². The molecule has 4 aromatic rings. The minimum Gasteiger partial charge on any atom is -0.436 e. The zero-order valence-corrected chi connectivity index (χ0v) is 14.2. The van der Waals surface area contributed by atoms with Gasteiger partial charge in [0.1, 0.15) is 5.52 Å². The summed E-state index contributed by atoms with van der Waals surface area (Å²) in [4.78, 5) is 4.60. The van der Waals surface area contributed by atoms with Crippen molar-refractivity contribution in [1.29, 1.82) is 0 Å². The summed E-state index contributed by atoms with van der Waals surface area (Å²) >= 11 is 5.61. The Hall–Kier alpha value is -2.56. The highest BCUT2D eigenvalue weighted by Gasteiger charge is 2.10. The monoisotopic (exact) mass is 352 g/mol. The van der Waals surface area contributed by atoms with Crippen molar-refractivity contribution in [3.05, 3.63) is 60.7 Å². The van der Waals surface area contributed by atoms with Gasteiger partial charge in [0.25, 0.3) is 0 Å². The van der Waals surface area contributed by atoms with Crippen LogP contribution in [-0.4, -0.2) is 28.6 Å². The fraction of sp³-hybridized carbons (Fsp3) is 0.150. The van der Waals surface area contributed by atoms with E-state index in [0.29, 0.717) is 12.4 Å². The zero-order valence-electron chi connectivity index (χ0n) is 13.4. The predicted molar refractivity (Wildman–Crippen MR) is 102 cm³/mol. The maximum atomic E-state index is 9.54. The van der Waals surface area contributed by atoms with Gasteiger partial charge < -0.3 is 14.8 Å². The highest BCUT2D eigenvalue weighted by molar-refractivity contribution is 6.18. The molecule has 0 bridgehead atoms. The van der Waals surface area contributed by atoms with E-state index >= 15 is 0 Å². The summed E-state index contributed by atoms with van der Waals surface area (Å²) in [6.07, 6.45) is -0.581. The maximum absolute atomic E-state index is 9.54. The molecule has 2 N–H and O–H groups in total. The summed E-state index contributed by atoms with van der Waals surface area (Å²) in [7, 11) is 0. The van der Waals surface area contributed by atoms with Crippen molar-refractivity contribution in [3.8, 4) is 11.5 Å². The Bertz CT molecular complexity index is 1030. The number of hydrogen-bond acceptors (Lipinski definition) is 4. The van der Waals surface area contributed by atoms with Gasteiger partial charge >= 0.3 is 0 Å². The predicted octanol–water partition coefficient (Wildman–Crippen LogP) is 4.66. The molecule has 0 amide bonds. The third kappa shape index (κ3) is 3.31. The Morgan fingerprint density at radius 2 is 1.88 bits per heavy atom. The van der Waals surface area contributed by atoms with E-state index in [9.17, 15) is 5.11 Å². The van der Waals surface area contributed by atoms with E-state index in [1.807, 2.05) is 36.4 Å². The number of aliphatic hydroxyl groups excluding tert-OH is 1. The van der Waals surface area contributed by atoms with E-state index in [1.165, 1.54) is 5.39 Å². The maximum Gasteiger partial charge on any atom is 0.227 e. The van der Waals surface area contributed by atoms with Crippen LogP contribution in [0, 0.1) is 0 Å². The first kappa shape index (κ1) is 15.9. The molecule has 0 radical (unpaired) electrons. The Morgan fingerprint density at radius 3 is 2.72 bits per heavy atom. The topological polar surface area (TPSA) is 58.3 Å². The number of alkyl halides is 1. The molecule has 4 rings (SSSR count). The van der Waals surface area contributed by atoms with Gasteiger partial charge in [0.2, 0.25) is 5.89 Å². The largest absolute Gasteiger partial charge is 0.436 e. The number of halogens is 1. The zero-order chi connectivity index (χ0) is 17.2. The quantitative estimate of drug-likeness (QED) is 0.513. The molecule has 1 aromatic heterocycles. The van der Waals surface area contributed by atoms with Crippen LogP contribution in [-0.2, 0) is 0 Å². The minimum atomic E-state index is -0.581. The molecule has 0 fully saturated rings. The second-order valence-corrected chi connectivity index (χ2v) is 6.26. The highest BCUT2D eigenvalue weighted by atomic mass is 35.5. The summed E-state index contributed by atoms with van der Waals surface area (Å²) in [5, 5.41) is 15.0. The summed E-state index contributed by atoms with van der Waals surface area (Å²) in [6, 6.07) is 20.1. The molecule has 0 aliphatic heterocycles. The lowest BCUT2D eigenvalue weighted by Gasteiger charge is -2.09. The molecule has 1 heterocycles. The summed E-state index contributed by atoms with van der Waals surface area (Å²) in [5.41, 5.74) is 3.32. The lowest BCUT2D eigenvalue weighted by Crippen LogP contribution is -2.20. The number of benzene rings is 3. The van der Waals surface area contributed by atoms with E-state index in [-0.39, 0.29) is 5.88 Å². The van der Waals surface area contributed by atoms with Crippen LogP contribution < -0.4 is 5.32 Å². The Balaban J connectivity index is 1.65. The van der Waals surface area contributed by atoms with Crippen molar-refractivity contribution < 1.29 is 9.52 Å². The average Bonchev–Trinajstić information content (AvgIpc) is 3.09. The second kappa shape index (κ2) is 6.75. The molecule has 0 aliphatic carbocycles. The van der Waals surface area contributed by atoms with Gasteiger partial charge in [0.15, 0.2) is 5.58 Å². The lowest BCUT2D eigenvalue weighted by atomic mass is 10.1. The third-order valence-electron chi connectivity index (χ3n) is 4.10. The van der Waals surface area contributed by atoms with Gasteiger partial charge in [-0.25, -0.2) is 4.98 Å². The fourth-order valence-electron chi connectivity index (χ4n) is 2.77. The summed E-state index contributed by atoms with van der Waals surface area (Å²) in [5.74, 6) is 0.796. The highest BCUT2D eigenvalue weighted by Crippen LogP contribution is 2.28. The van der Waals surface area contributed by atoms with Gasteiger partial charge in [-0.2, -0.15) is 0 Å². The molecular formula is C20H17ClN2O2. The van der Waals surface area contributed by atoms with Gasteiger partial charge in [-0.3, -0.25) is 0 Å². The Morgan fingerprint density at radius 1 is 1.04 bits per heavy atom. The van der Waals surface area contributed by atoms with Gasteiger partial charge in [-0.05, 0) is 41.1 Å². The normalized spacial score (nSPS) is 12.6. The molecule has 0 saturated carbocycles. The Labute approximate surface area is 150 Å². The first-order chi connectivity index (χ1) is 12.2. The van der Waals surface area contributed by atoms with Crippen LogP contribution in [0.3, 0.4) is 0 Å². The molecular weight excluding hydrogens is 336 g/mol. The van der Waals surface area contributed by atoms with Gasteiger partial charge in [0, 0.05) is 17.8 Å². The number of fused-ring (bicyclic) bond motifs is 2. The molecule has 3 aromatic carbocycles. The van der Waals surface area contributed by atoms with Gasteiger partial charge in [0.05, 0.1) is 12.0 Å². The fourth-order valence-corrected chi connectivity index (χ4v) is 2.88. The summed E-state index contributed by atoms with van der Waals surface area (Å²) < 4.78 is 5.90. The van der Waals surface area contributed by atoms with Crippen LogP contribution in [0.25, 0.3) is 33.3 Å². The smallest absolute Gasteiger partial charge is 0.227 e. The molecule has 126 valence electrons. The average molecular weight is 353 g/mol. The number of aliphatic hydroxyl groups is 1. The van der Waals surface area contributed by atoms with Crippen LogP contribution >= 0.6 is 11.6 Å². The lowest BCUT2D eigenvalue weighted by molar-refractivity contribution is 0.211. The first-order valence-corrected chi connectivity index (χ1v) is 8.64. The molecule has 4 nitrogen and oxygen atoms in total. The van der Waals surface area contributed by atoms with Crippen LogP contribution in [0.1, 0.15) is 0 Å². The van der Waals surface area contributed by atoms with Crippen LogP contribution in [0.2, 0.25) is 0 Å². The van der Waals surface area contributed by atoms with E-state index in [1.54, 1.807) is 0 Å². The van der Waals surface area contributed by atoms with E-state index < -0.39 is 6.10 Å². The SMILES string of the molecule is OC(CCl)CNc1ccc2oc(-c3ccc4ccccc4c3)nc2c1. The molecule has 5 heteroatoms. The Kier molecular flexibility index (Phi) is 4.30.